The fourth-order valence-electron chi connectivity index (χ4n) is 4.11. The van der Waals surface area contributed by atoms with E-state index in [1.807, 2.05) is 47.9 Å². The molecule has 1 aliphatic rings. The van der Waals surface area contributed by atoms with Crippen molar-refractivity contribution in [1.29, 1.82) is 0 Å². The Morgan fingerprint density at radius 2 is 2.00 bits per heavy atom. The van der Waals surface area contributed by atoms with Gasteiger partial charge in [0.05, 0.1) is 24.4 Å². The van der Waals surface area contributed by atoms with Gasteiger partial charge >= 0.3 is 0 Å². The van der Waals surface area contributed by atoms with Crippen LogP contribution < -0.4 is 11.1 Å². The number of amides is 1. The zero-order valence-electron chi connectivity index (χ0n) is 17.3. The highest BCUT2D eigenvalue weighted by Gasteiger charge is 2.21. The van der Waals surface area contributed by atoms with Gasteiger partial charge in [-0.05, 0) is 30.7 Å². The summed E-state index contributed by atoms with van der Waals surface area (Å²) in [6.07, 6.45) is 0.768. The summed E-state index contributed by atoms with van der Waals surface area (Å²) in [5.74, 6) is 0.918. The average molecular weight is 413 g/mol. The fourth-order valence-corrected chi connectivity index (χ4v) is 4.11. The van der Waals surface area contributed by atoms with Gasteiger partial charge in [-0.1, -0.05) is 36.4 Å². The monoisotopic (exact) mass is 413 g/mol. The number of aromatic nitrogens is 3. The molecular formula is C24H23N5O2. The molecule has 7 heteroatoms. The number of fused-ring (bicyclic) bond motifs is 2. The SMILES string of the molecule is Cc1cc2c(C(N)=O)cccc2n1-c1nc2c(c(NCc3ccccc3)n1)CCOC2. The van der Waals surface area contributed by atoms with Crippen LogP contribution >= 0.6 is 0 Å². The van der Waals surface area contributed by atoms with E-state index in [9.17, 15) is 4.79 Å². The maximum absolute atomic E-state index is 11.9. The predicted octanol–water partition coefficient (Wildman–Crippen LogP) is 3.51. The molecule has 0 bridgehead atoms. The summed E-state index contributed by atoms with van der Waals surface area (Å²) in [5.41, 5.74) is 11.0. The lowest BCUT2D eigenvalue weighted by atomic mass is 10.1. The number of nitrogens with one attached hydrogen (secondary N) is 1. The molecule has 1 amide bonds. The minimum Gasteiger partial charge on any atom is -0.375 e. The molecule has 3 heterocycles. The first-order chi connectivity index (χ1) is 15.1. The van der Waals surface area contributed by atoms with Crippen LogP contribution in [-0.2, 0) is 24.3 Å². The van der Waals surface area contributed by atoms with Crippen molar-refractivity contribution >= 4 is 22.6 Å². The second-order valence-electron chi connectivity index (χ2n) is 7.66. The summed E-state index contributed by atoms with van der Waals surface area (Å²) >= 11 is 0. The van der Waals surface area contributed by atoms with Crippen molar-refractivity contribution in [2.75, 3.05) is 11.9 Å². The highest BCUT2D eigenvalue weighted by molar-refractivity contribution is 6.06. The number of carbonyl (C=O) groups excluding carboxylic acids is 1. The van der Waals surface area contributed by atoms with E-state index < -0.39 is 5.91 Å². The first kappa shape index (κ1) is 19.3. The maximum atomic E-state index is 11.9. The summed E-state index contributed by atoms with van der Waals surface area (Å²) in [6.45, 7) is 3.75. The largest absolute Gasteiger partial charge is 0.375 e. The Morgan fingerprint density at radius 1 is 1.16 bits per heavy atom. The van der Waals surface area contributed by atoms with E-state index in [1.165, 1.54) is 5.56 Å². The van der Waals surface area contributed by atoms with Crippen LogP contribution in [0, 0.1) is 6.92 Å². The summed E-state index contributed by atoms with van der Waals surface area (Å²) in [5, 5.41) is 4.29. The number of primary amides is 1. The van der Waals surface area contributed by atoms with Gasteiger partial charge in [-0.3, -0.25) is 9.36 Å². The first-order valence-corrected chi connectivity index (χ1v) is 10.3. The standard InChI is InChI=1S/C24H23N5O2/c1-15-12-19-17(22(25)30)8-5-9-21(19)29(15)24-27-20-14-31-11-10-18(20)23(28-24)26-13-16-6-3-2-4-7-16/h2-9,12H,10-11,13-14H2,1H3,(H2,25,30)(H,26,27,28). The van der Waals surface area contributed by atoms with Crippen molar-refractivity contribution in [3.05, 3.63) is 82.7 Å². The quantitative estimate of drug-likeness (QED) is 0.522. The molecule has 0 saturated heterocycles. The van der Waals surface area contributed by atoms with Gasteiger partial charge in [0.15, 0.2) is 0 Å². The molecule has 0 unspecified atom stereocenters. The van der Waals surface area contributed by atoms with Gasteiger partial charge in [0, 0.05) is 35.2 Å². The smallest absolute Gasteiger partial charge is 0.249 e. The third kappa shape index (κ3) is 3.53. The van der Waals surface area contributed by atoms with Crippen LogP contribution in [0.25, 0.3) is 16.9 Å². The zero-order valence-corrected chi connectivity index (χ0v) is 17.3. The van der Waals surface area contributed by atoms with Crippen molar-refractivity contribution in [2.24, 2.45) is 5.73 Å². The van der Waals surface area contributed by atoms with Crippen LogP contribution in [0.15, 0.2) is 54.6 Å². The van der Waals surface area contributed by atoms with E-state index in [2.05, 4.69) is 17.4 Å². The van der Waals surface area contributed by atoms with Crippen LogP contribution in [0.4, 0.5) is 5.82 Å². The van der Waals surface area contributed by atoms with Gasteiger partial charge in [0.2, 0.25) is 11.9 Å². The Balaban J connectivity index is 1.62. The summed E-state index contributed by atoms with van der Waals surface area (Å²) in [7, 11) is 0. The molecule has 3 N–H and O–H groups in total. The number of aryl methyl sites for hydroxylation is 1. The number of benzene rings is 2. The van der Waals surface area contributed by atoms with E-state index in [0.717, 1.165) is 40.1 Å². The molecule has 0 atom stereocenters. The molecule has 0 aliphatic carbocycles. The molecule has 1 aliphatic heterocycles. The lowest BCUT2D eigenvalue weighted by Gasteiger charge is -2.21. The minimum atomic E-state index is -0.451. The van der Waals surface area contributed by atoms with E-state index in [4.69, 9.17) is 20.4 Å². The van der Waals surface area contributed by atoms with Crippen LogP contribution in [0.2, 0.25) is 0 Å². The lowest BCUT2D eigenvalue weighted by molar-refractivity contribution is 0.100. The molecule has 0 saturated carbocycles. The number of hydrogen-bond donors (Lipinski definition) is 2. The third-order valence-corrected chi connectivity index (χ3v) is 5.61. The molecule has 0 fully saturated rings. The average Bonchev–Trinajstić information content (AvgIpc) is 3.13. The highest BCUT2D eigenvalue weighted by Crippen LogP contribution is 2.29. The minimum absolute atomic E-state index is 0.451. The van der Waals surface area contributed by atoms with Crippen molar-refractivity contribution in [3.63, 3.8) is 0 Å². The molecule has 5 rings (SSSR count). The number of rotatable bonds is 5. The Labute approximate surface area is 179 Å². The second-order valence-corrected chi connectivity index (χ2v) is 7.66. The Morgan fingerprint density at radius 3 is 2.81 bits per heavy atom. The van der Waals surface area contributed by atoms with Crippen molar-refractivity contribution in [2.45, 2.75) is 26.5 Å². The first-order valence-electron chi connectivity index (χ1n) is 10.3. The van der Waals surface area contributed by atoms with E-state index in [-0.39, 0.29) is 0 Å². The van der Waals surface area contributed by atoms with Crippen LogP contribution in [0.3, 0.4) is 0 Å². The van der Waals surface area contributed by atoms with Gasteiger partial charge in [-0.2, -0.15) is 4.98 Å². The topological polar surface area (TPSA) is 95.1 Å². The molecule has 31 heavy (non-hydrogen) atoms. The van der Waals surface area contributed by atoms with Crippen molar-refractivity contribution in [3.8, 4) is 5.95 Å². The molecule has 156 valence electrons. The molecule has 7 nitrogen and oxygen atoms in total. The zero-order chi connectivity index (χ0) is 21.4. The lowest BCUT2D eigenvalue weighted by Crippen LogP contribution is -2.19. The van der Waals surface area contributed by atoms with Crippen molar-refractivity contribution < 1.29 is 9.53 Å². The van der Waals surface area contributed by atoms with Crippen LogP contribution in [-0.4, -0.2) is 27.0 Å². The number of carbonyl (C=O) groups is 1. The van der Waals surface area contributed by atoms with E-state index in [1.54, 1.807) is 6.07 Å². The molecule has 0 spiro atoms. The Bertz CT molecular complexity index is 1280. The van der Waals surface area contributed by atoms with E-state index in [0.29, 0.717) is 31.3 Å². The predicted molar refractivity (Wildman–Crippen MR) is 119 cm³/mol. The number of hydrogen-bond acceptors (Lipinski definition) is 5. The Kier molecular flexibility index (Phi) is 4.88. The van der Waals surface area contributed by atoms with Gasteiger partial charge < -0.3 is 15.8 Å². The second kappa shape index (κ2) is 7.85. The normalized spacial score (nSPS) is 13.2. The van der Waals surface area contributed by atoms with Gasteiger partial charge in [-0.25, -0.2) is 4.98 Å². The van der Waals surface area contributed by atoms with Gasteiger partial charge in [0.1, 0.15) is 5.82 Å². The van der Waals surface area contributed by atoms with Crippen molar-refractivity contribution in [1.82, 2.24) is 14.5 Å². The highest BCUT2D eigenvalue weighted by atomic mass is 16.5. The molecule has 4 aromatic rings. The number of nitrogens with zero attached hydrogens (tertiary/aromatic N) is 3. The van der Waals surface area contributed by atoms with E-state index >= 15 is 0 Å². The number of anilines is 1. The van der Waals surface area contributed by atoms with Crippen LogP contribution in [0.5, 0.6) is 0 Å². The maximum Gasteiger partial charge on any atom is 0.249 e. The third-order valence-electron chi connectivity index (χ3n) is 5.61. The molecule has 2 aromatic heterocycles. The number of ether oxygens (including phenoxy) is 1. The molecule has 0 radical (unpaired) electrons. The summed E-state index contributed by atoms with van der Waals surface area (Å²) in [6, 6.07) is 17.7. The summed E-state index contributed by atoms with van der Waals surface area (Å²) in [4.78, 5) is 21.6. The fraction of sp³-hybridized carbons (Fsp3) is 0.208. The number of nitrogens with two attached hydrogens (primary N) is 1. The molecule has 2 aromatic carbocycles. The summed E-state index contributed by atoms with van der Waals surface area (Å²) < 4.78 is 7.63. The molecular weight excluding hydrogens is 390 g/mol. The van der Waals surface area contributed by atoms with Gasteiger partial charge in [0.25, 0.3) is 0 Å². The Hall–Kier alpha value is -3.71. The van der Waals surface area contributed by atoms with Crippen LogP contribution in [0.1, 0.15) is 32.9 Å². The van der Waals surface area contributed by atoms with Gasteiger partial charge in [-0.15, -0.1) is 0 Å².